The number of hydrogen-bond donors (Lipinski definition) is 0. The summed E-state index contributed by atoms with van der Waals surface area (Å²) in [6.45, 7) is 0. The quantitative estimate of drug-likeness (QED) is 0.560. The smallest absolute Gasteiger partial charge is 0.131 e. The Morgan fingerprint density at radius 2 is 2.25 bits per heavy atom. The van der Waals surface area contributed by atoms with E-state index < -0.39 is 0 Å². The van der Waals surface area contributed by atoms with E-state index in [1.54, 1.807) is 12.4 Å². The summed E-state index contributed by atoms with van der Waals surface area (Å²) in [6, 6.07) is 0. The van der Waals surface area contributed by atoms with Gasteiger partial charge in [-0.15, -0.1) is 11.6 Å². The van der Waals surface area contributed by atoms with Crippen molar-refractivity contribution in [3.05, 3.63) is 22.7 Å². The highest BCUT2D eigenvalue weighted by atomic mass is 79.9. The number of hydrogen-bond acceptors (Lipinski definition) is 2. The van der Waals surface area contributed by atoms with Gasteiger partial charge in [0.15, 0.2) is 0 Å². The third-order valence-electron chi connectivity index (χ3n) is 1.06. The van der Waals surface area contributed by atoms with E-state index in [-0.39, 0.29) is 0 Å². The Hall–Kier alpha value is -0.590. The normalized spacial score (nSPS) is 8.83. The molecule has 2 nitrogen and oxygen atoms in total. The number of rotatable bonds is 1. The minimum Gasteiger partial charge on any atom is -0.245 e. The van der Waals surface area contributed by atoms with Crippen molar-refractivity contribution in [2.75, 3.05) is 5.88 Å². The maximum Gasteiger partial charge on any atom is 0.131 e. The molecule has 62 valence electrons. The molecule has 0 bridgehead atoms. The fourth-order valence-corrected chi connectivity index (χ4v) is 0.876. The second kappa shape index (κ2) is 5.13. The van der Waals surface area contributed by atoms with Crippen molar-refractivity contribution in [2.45, 2.75) is 6.42 Å². The molecule has 0 spiro atoms. The molecule has 0 radical (unpaired) electrons. The first-order valence-electron chi connectivity index (χ1n) is 3.35. The summed E-state index contributed by atoms with van der Waals surface area (Å²) in [7, 11) is 0. The van der Waals surface area contributed by atoms with Crippen molar-refractivity contribution in [2.24, 2.45) is 0 Å². The summed E-state index contributed by atoms with van der Waals surface area (Å²) < 4.78 is 0.713. The van der Waals surface area contributed by atoms with Gasteiger partial charge in [-0.2, -0.15) is 0 Å². The van der Waals surface area contributed by atoms with E-state index in [1.165, 1.54) is 0 Å². The van der Waals surface area contributed by atoms with Crippen LogP contribution in [-0.2, 0) is 0 Å². The van der Waals surface area contributed by atoms with Gasteiger partial charge in [-0.3, -0.25) is 0 Å². The van der Waals surface area contributed by atoms with Crippen LogP contribution in [0.15, 0.2) is 17.0 Å². The van der Waals surface area contributed by atoms with Gasteiger partial charge >= 0.3 is 0 Å². The molecule has 1 aromatic heterocycles. The molecule has 12 heavy (non-hydrogen) atoms. The maximum atomic E-state index is 5.45. The zero-order chi connectivity index (χ0) is 8.81. The van der Waals surface area contributed by atoms with Crippen LogP contribution >= 0.6 is 27.5 Å². The van der Waals surface area contributed by atoms with Gasteiger partial charge < -0.3 is 0 Å². The van der Waals surface area contributed by atoms with E-state index in [4.69, 9.17) is 11.6 Å². The van der Waals surface area contributed by atoms with E-state index in [9.17, 15) is 0 Å². The molecule has 0 aromatic carbocycles. The van der Waals surface area contributed by atoms with Gasteiger partial charge in [-0.05, 0) is 21.9 Å². The second-order valence-corrected chi connectivity index (χ2v) is 3.16. The van der Waals surface area contributed by atoms with Crippen molar-refractivity contribution in [1.29, 1.82) is 0 Å². The molecular weight excluding hydrogens is 239 g/mol. The summed E-state index contributed by atoms with van der Waals surface area (Å²) in [5, 5.41) is 0. The van der Waals surface area contributed by atoms with Crippen LogP contribution < -0.4 is 0 Å². The van der Waals surface area contributed by atoms with Crippen molar-refractivity contribution < 1.29 is 0 Å². The lowest BCUT2D eigenvalue weighted by atomic mass is 10.4. The number of aromatic nitrogens is 2. The Kier molecular flexibility index (Phi) is 4.06. The monoisotopic (exact) mass is 244 g/mol. The van der Waals surface area contributed by atoms with Crippen LogP contribution in [0.3, 0.4) is 0 Å². The number of alkyl halides is 1. The molecule has 0 aliphatic carbocycles. The zero-order valence-electron chi connectivity index (χ0n) is 6.22. The predicted molar refractivity (Wildman–Crippen MR) is 51.9 cm³/mol. The molecule has 0 unspecified atom stereocenters. The van der Waals surface area contributed by atoms with Gasteiger partial charge in [0.2, 0.25) is 0 Å². The summed E-state index contributed by atoms with van der Waals surface area (Å²) >= 11 is 8.63. The minimum atomic E-state index is 0.553. The standard InChI is InChI=1S/C8H6BrClN2/c9-8-6-11-7(5-12-8)3-1-2-4-10/h5-6H,2,4H2. The average molecular weight is 246 g/mol. The molecule has 1 heterocycles. The first kappa shape index (κ1) is 9.50. The van der Waals surface area contributed by atoms with Crippen LogP contribution in [0, 0.1) is 11.8 Å². The molecule has 0 aliphatic heterocycles. The van der Waals surface area contributed by atoms with Gasteiger partial charge in [0.25, 0.3) is 0 Å². The van der Waals surface area contributed by atoms with Crippen LogP contribution in [-0.4, -0.2) is 15.8 Å². The van der Waals surface area contributed by atoms with Crippen LogP contribution in [0.4, 0.5) is 0 Å². The van der Waals surface area contributed by atoms with Gasteiger partial charge in [-0.25, -0.2) is 9.97 Å². The second-order valence-electron chi connectivity index (χ2n) is 1.97. The Morgan fingerprint density at radius 3 is 2.83 bits per heavy atom. The van der Waals surface area contributed by atoms with Crippen molar-refractivity contribution >= 4 is 27.5 Å². The van der Waals surface area contributed by atoms with Crippen molar-refractivity contribution in [1.82, 2.24) is 9.97 Å². The summed E-state index contributed by atoms with van der Waals surface area (Å²) in [4.78, 5) is 8.00. The zero-order valence-corrected chi connectivity index (χ0v) is 8.56. The topological polar surface area (TPSA) is 25.8 Å². The first-order valence-corrected chi connectivity index (χ1v) is 4.68. The van der Waals surface area contributed by atoms with Gasteiger partial charge in [0, 0.05) is 12.3 Å². The highest BCUT2D eigenvalue weighted by Crippen LogP contribution is 2.01. The van der Waals surface area contributed by atoms with Gasteiger partial charge in [0.05, 0.1) is 12.4 Å². The molecule has 4 heteroatoms. The van der Waals surface area contributed by atoms with Crippen molar-refractivity contribution in [3.63, 3.8) is 0 Å². The Morgan fingerprint density at radius 1 is 1.42 bits per heavy atom. The van der Waals surface area contributed by atoms with E-state index in [2.05, 4.69) is 37.7 Å². The van der Waals surface area contributed by atoms with Gasteiger partial charge in [0.1, 0.15) is 10.3 Å². The lowest BCUT2D eigenvalue weighted by Crippen LogP contribution is -1.84. The Balaban J connectivity index is 2.66. The van der Waals surface area contributed by atoms with E-state index in [0.717, 1.165) is 0 Å². The molecular formula is C8H6BrClN2. The van der Waals surface area contributed by atoms with Crippen molar-refractivity contribution in [3.8, 4) is 11.8 Å². The maximum absolute atomic E-state index is 5.45. The molecule has 1 rings (SSSR count). The molecule has 0 amide bonds. The lowest BCUT2D eigenvalue weighted by molar-refractivity contribution is 1.14. The molecule has 0 atom stereocenters. The third kappa shape index (κ3) is 3.21. The average Bonchev–Trinajstić information content (AvgIpc) is 2.09. The van der Waals surface area contributed by atoms with Crippen LogP contribution in [0.1, 0.15) is 12.1 Å². The minimum absolute atomic E-state index is 0.553. The number of halogens is 2. The first-order chi connectivity index (χ1) is 5.83. The predicted octanol–water partition coefficient (Wildman–Crippen LogP) is 2.22. The largest absolute Gasteiger partial charge is 0.245 e. The van der Waals surface area contributed by atoms with Gasteiger partial charge in [-0.1, -0.05) is 5.92 Å². The summed E-state index contributed by atoms with van der Waals surface area (Å²) in [6.07, 6.45) is 3.91. The third-order valence-corrected chi connectivity index (χ3v) is 1.65. The van der Waals surface area contributed by atoms with E-state index in [1.807, 2.05) is 0 Å². The highest BCUT2D eigenvalue weighted by molar-refractivity contribution is 9.10. The van der Waals surface area contributed by atoms with Crippen LogP contribution in [0.25, 0.3) is 0 Å². The fraction of sp³-hybridized carbons (Fsp3) is 0.250. The lowest BCUT2D eigenvalue weighted by Gasteiger charge is -1.88. The molecule has 0 fully saturated rings. The molecule has 1 aromatic rings. The molecule has 0 N–H and O–H groups in total. The fourth-order valence-electron chi connectivity index (χ4n) is 0.577. The van der Waals surface area contributed by atoms with E-state index in [0.29, 0.717) is 22.6 Å². The summed E-state index contributed by atoms with van der Waals surface area (Å²) in [5.41, 5.74) is 0.670. The van der Waals surface area contributed by atoms with Crippen LogP contribution in [0.5, 0.6) is 0 Å². The molecule has 0 saturated carbocycles. The highest BCUT2D eigenvalue weighted by Gasteiger charge is 1.88. The molecule has 0 saturated heterocycles. The van der Waals surface area contributed by atoms with Crippen LogP contribution in [0.2, 0.25) is 0 Å². The Labute approximate surface area is 84.5 Å². The molecule has 0 aliphatic rings. The SMILES string of the molecule is ClCCC#Cc1cnc(Br)cn1. The summed E-state index contributed by atoms with van der Waals surface area (Å²) in [5.74, 6) is 6.27. The van der Waals surface area contributed by atoms with E-state index >= 15 is 0 Å². The number of nitrogens with zero attached hydrogens (tertiary/aromatic N) is 2. The Bertz CT molecular complexity index is 299.